The Morgan fingerprint density at radius 2 is 1.81 bits per heavy atom. The highest BCUT2D eigenvalue weighted by Gasteiger charge is 1.92. The molecule has 2 heteroatoms. The maximum Gasteiger partial charge on any atom is 0.302 e. The van der Waals surface area contributed by atoms with E-state index in [2.05, 4.69) is 24.3 Å². The first kappa shape index (κ1) is 14.9. The second-order valence-corrected chi connectivity index (χ2v) is 3.82. The van der Waals surface area contributed by atoms with E-state index in [4.69, 9.17) is 4.74 Å². The molecule has 0 saturated carbocycles. The van der Waals surface area contributed by atoms with Crippen LogP contribution in [0.25, 0.3) is 0 Å². The van der Waals surface area contributed by atoms with Crippen molar-refractivity contribution in [3.8, 4) is 0 Å². The number of hydrogen-bond donors (Lipinski definition) is 0. The summed E-state index contributed by atoms with van der Waals surface area (Å²) in [7, 11) is 0. The van der Waals surface area contributed by atoms with Crippen LogP contribution in [0.4, 0.5) is 0 Å². The van der Waals surface area contributed by atoms with E-state index in [9.17, 15) is 4.79 Å². The van der Waals surface area contributed by atoms with Gasteiger partial charge in [-0.2, -0.15) is 0 Å². The number of rotatable bonds is 9. The Balaban J connectivity index is 3.09. The topological polar surface area (TPSA) is 26.3 Å². The second kappa shape index (κ2) is 12.0. The van der Waals surface area contributed by atoms with Gasteiger partial charge >= 0.3 is 5.97 Å². The van der Waals surface area contributed by atoms with Crippen LogP contribution in [-0.2, 0) is 9.53 Å². The van der Waals surface area contributed by atoms with Gasteiger partial charge in [-0.3, -0.25) is 4.79 Å². The zero-order chi connectivity index (χ0) is 12.1. The summed E-state index contributed by atoms with van der Waals surface area (Å²) in [6.45, 7) is 4.07. The Labute approximate surface area is 99.4 Å². The molecule has 0 N–H and O–H groups in total. The zero-order valence-corrected chi connectivity index (χ0v) is 10.6. The molecule has 0 spiro atoms. The summed E-state index contributed by atoms with van der Waals surface area (Å²) >= 11 is 0. The Hall–Kier alpha value is -1.05. The molecule has 0 aliphatic rings. The van der Waals surface area contributed by atoms with Gasteiger partial charge in [-0.15, -0.1) is 0 Å². The predicted octanol–water partition coefficient (Wildman–Crippen LogP) is 4.02. The molecule has 0 heterocycles. The van der Waals surface area contributed by atoms with Crippen molar-refractivity contribution in [1.82, 2.24) is 0 Å². The number of carbonyl (C=O) groups is 1. The average Bonchev–Trinajstić information content (AvgIpc) is 2.25. The highest BCUT2D eigenvalue weighted by atomic mass is 16.5. The molecular formula is C14H24O2. The van der Waals surface area contributed by atoms with E-state index in [1.165, 1.54) is 19.8 Å². The number of carbonyl (C=O) groups excluding carboxylic acids is 1. The lowest BCUT2D eigenvalue weighted by Gasteiger charge is -2.00. The maximum atomic E-state index is 10.5. The van der Waals surface area contributed by atoms with Gasteiger partial charge in [0, 0.05) is 6.92 Å². The molecule has 16 heavy (non-hydrogen) atoms. The fraction of sp³-hybridized carbons (Fsp3) is 0.643. The molecular weight excluding hydrogens is 200 g/mol. The SMILES string of the molecule is C/C=C/C/C=C/CCCCCCOC(C)=O. The minimum Gasteiger partial charge on any atom is -0.466 e. The molecule has 0 amide bonds. The molecule has 92 valence electrons. The Morgan fingerprint density at radius 3 is 2.50 bits per heavy atom. The van der Waals surface area contributed by atoms with E-state index in [1.807, 2.05) is 6.92 Å². The first-order valence-corrected chi connectivity index (χ1v) is 6.17. The standard InChI is InChI=1S/C14H24O2/c1-3-4-5-6-7-8-9-10-11-12-13-16-14(2)15/h3-4,6-7H,5,8-13H2,1-2H3/b4-3+,7-6+. The molecule has 0 unspecified atom stereocenters. The van der Waals surface area contributed by atoms with Crippen LogP contribution in [0, 0.1) is 0 Å². The van der Waals surface area contributed by atoms with Gasteiger partial charge in [-0.1, -0.05) is 37.1 Å². The van der Waals surface area contributed by atoms with E-state index in [0.29, 0.717) is 6.61 Å². The van der Waals surface area contributed by atoms with Gasteiger partial charge in [0.2, 0.25) is 0 Å². The van der Waals surface area contributed by atoms with Crippen molar-refractivity contribution in [3.05, 3.63) is 24.3 Å². The summed E-state index contributed by atoms with van der Waals surface area (Å²) in [5, 5.41) is 0. The molecule has 0 rings (SSSR count). The molecule has 2 nitrogen and oxygen atoms in total. The van der Waals surface area contributed by atoms with Crippen molar-refractivity contribution in [2.75, 3.05) is 6.61 Å². The highest BCUT2D eigenvalue weighted by Crippen LogP contribution is 2.04. The molecule has 0 fully saturated rings. The Kier molecular flexibility index (Phi) is 11.2. The van der Waals surface area contributed by atoms with Crippen LogP contribution in [0.5, 0.6) is 0 Å². The monoisotopic (exact) mass is 224 g/mol. The minimum atomic E-state index is -0.174. The normalized spacial score (nSPS) is 11.4. The van der Waals surface area contributed by atoms with Gasteiger partial charge in [0.15, 0.2) is 0 Å². The smallest absolute Gasteiger partial charge is 0.302 e. The molecule has 0 aliphatic carbocycles. The van der Waals surface area contributed by atoms with Crippen molar-refractivity contribution in [3.63, 3.8) is 0 Å². The van der Waals surface area contributed by atoms with Crippen molar-refractivity contribution in [1.29, 1.82) is 0 Å². The van der Waals surface area contributed by atoms with E-state index in [1.54, 1.807) is 0 Å². The summed E-state index contributed by atoms with van der Waals surface area (Å²) in [6, 6.07) is 0. The fourth-order valence-corrected chi connectivity index (χ4v) is 1.36. The van der Waals surface area contributed by atoms with Crippen LogP contribution in [0.15, 0.2) is 24.3 Å². The van der Waals surface area contributed by atoms with Gasteiger partial charge < -0.3 is 4.74 Å². The summed E-state index contributed by atoms with van der Waals surface area (Å²) in [6.07, 6.45) is 15.5. The lowest BCUT2D eigenvalue weighted by atomic mass is 10.1. The highest BCUT2D eigenvalue weighted by molar-refractivity contribution is 5.65. The Bertz CT molecular complexity index is 217. The quantitative estimate of drug-likeness (QED) is 0.336. The van der Waals surface area contributed by atoms with E-state index < -0.39 is 0 Å². The van der Waals surface area contributed by atoms with Crippen molar-refractivity contribution in [2.45, 2.75) is 52.4 Å². The maximum absolute atomic E-state index is 10.5. The average molecular weight is 224 g/mol. The lowest BCUT2D eigenvalue weighted by Crippen LogP contribution is -1.99. The first-order valence-electron chi connectivity index (χ1n) is 6.17. The third-order valence-corrected chi connectivity index (χ3v) is 2.24. The third-order valence-electron chi connectivity index (χ3n) is 2.24. The molecule has 0 atom stereocenters. The van der Waals surface area contributed by atoms with Crippen LogP contribution in [0.2, 0.25) is 0 Å². The Morgan fingerprint density at radius 1 is 1.06 bits per heavy atom. The third kappa shape index (κ3) is 12.9. The summed E-state index contributed by atoms with van der Waals surface area (Å²) in [5.41, 5.74) is 0. The molecule has 0 aromatic carbocycles. The molecule has 0 saturated heterocycles. The number of unbranched alkanes of at least 4 members (excludes halogenated alkanes) is 4. The van der Waals surface area contributed by atoms with Gasteiger partial charge in [0.1, 0.15) is 0 Å². The van der Waals surface area contributed by atoms with E-state index in [0.717, 1.165) is 25.7 Å². The van der Waals surface area contributed by atoms with Crippen LogP contribution in [0.3, 0.4) is 0 Å². The second-order valence-electron chi connectivity index (χ2n) is 3.82. The van der Waals surface area contributed by atoms with E-state index >= 15 is 0 Å². The number of esters is 1. The molecule has 0 aliphatic heterocycles. The van der Waals surface area contributed by atoms with Crippen molar-refractivity contribution in [2.24, 2.45) is 0 Å². The number of ether oxygens (including phenoxy) is 1. The molecule has 0 radical (unpaired) electrons. The van der Waals surface area contributed by atoms with Crippen LogP contribution in [0.1, 0.15) is 52.4 Å². The lowest BCUT2D eigenvalue weighted by molar-refractivity contribution is -0.141. The largest absolute Gasteiger partial charge is 0.466 e. The van der Waals surface area contributed by atoms with Gasteiger partial charge in [-0.05, 0) is 32.6 Å². The first-order chi connectivity index (χ1) is 7.77. The summed E-state index contributed by atoms with van der Waals surface area (Å²) in [4.78, 5) is 10.5. The molecule has 0 aromatic heterocycles. The van der Waals surface area contributed by atoms with Crippen LogP contribution >= 0.6 is 0 Å². The number of hydrogen-bond acceptors (Lipinski definition) is 2. The summed E-state index contributed by atoms with van der Waals surface area (Å²) < 4.78 is 4.85. The van der Waals surface area contributed by atoms with Crippen molar-refractivity contribution >= 4 is 5.97 Å². The van der Waals surface area contributed by atoms with Crippen LogP contribution in [-0.4, -0.2) is 12.6 Å². The van der Waals surface area contributed by atoms with E-state index in [-0.39, 0.29) is 5.97 Å². The molecule has 0 bridgehead atoms. The van der Waals surface area contributed by atoms with Gasteiger partial charge in [-0.25, -0.2) is 0 Å². The molecule has 0 aromatic rings. The van der Waals surface area contributed by atoms with Crippen LogP contribution < -0.4 is 0 Å². The summed E-state index contributed by atoms with van der Waals surface area (Å²) in [5.74, 6) is -0.174. The predicted molar refractivity (Wildman–Crippen MR) is 68.3 cm³/mol. The van der Waals surface area contributed by atoms with Crippen molar-refractivity contribution < 1.29 is 9.53 Å². The number of allylic oxidation sites excluding steroid dienone is 4. The zero-order valence-electron chi connectivity index (χ0n) is 10.6. The minimum absolute atomic E-state index is 0.174. The fourth-order valence-electron chi connectivity index (χ4n) is 1.36. The van der Waals surface area contributed by atoms with Gasteiger partial charge in [0.05, 0.1) is 6.61 Å². The van der Waals surface area contributed by atoms with Gasteiger partial charge in [0.25, 0.3) is 0 Å².